The summed E-state index contributed by atoms with van der Waals surface area (Å²) in [6.45, 7) is 0.800. The van der Waals surface area contributed by atoms with Gasteiger partial charge in [-0.2, -0.15) is 0 Å². The number of nitrogens with zero attached hydrogens (tertiary/aromatic N) is 1. The lowest BCUT2D eigenvalue weighted by Gasteiger charge is -2.10. The molecule has 110 valence electrons. The van der Waals surface area contributed by atoms with Crippen molar-refractivity contribution in [2.45, 2.75) is 13.2 Å². The number of rotatable bonds is 6. The van der Waals surface area contributed by atoms with Crippen molar-refractivity contribution in [3.63, 3.8) is 0 Å². The van der Waals surface area contributed by atoms with Crippen LogP contribution in [0.1, 0.15) is 11.1 Å². The summed E-state index contributed by atoms with van der Waals surface area (Å²) in [6.07, 6.45) is 0. The number of nitro groups is 1. The average molecular weight is 307 g/mol. The quantitative estimate of drug-likeness (QED) is 0.647. The fourth-order valence-electron chi connectivity index (χ4n) is 2.02. The Bertz CT molecular complexity index is 647. The van der Waals surface area contributed by atoms with Crippen LogP contribution in [-0.4, -0.2) is 12.0 Å². The van der Waals surface area contributed by atoms with E-state index in [0.29, 0.717) is 17.2 Å². The van der Waals surface area contributed by atoms with E-state index >= 15 is 0 Å². The third-order valence-corrected chi connectivity index (χ3v) is 3.35. The van der Waals surface area contributed by atoms with E-state index < -0.39 is 4.92 Å². The predicted octanol–water partition coefficient (Wildman–Crippen LogP) is 4.01. The first-order valence-corrected chi connectivity index (χ1v) is 6.73. The molecule has 0 aliphatic rings. The van der Waals surface area contributed by atoms with Gasteiger partial charge in [-0.1, -0.05) is 29.8 Å². The second-order valence-electron chi connectivity index (χ2n) is 4.48. The molecule has 0 saturated heterocycles. The first-order valence-electron chi connectivity index (χ1n) is 6.35. The van der Waals surface area contributed by atoms with Gasteiger partial charge in [0.15, 0.2) is 0 Å². The van der Waals surface area contributed by atoms with Crippen LogP contribution in [0.3, 0.4) is 0 Å². The zero-order chi connectivity index (χ0) is 15.2. The summed E-state index contributed by atoms with van der Waals surface area (Å²) in [6, 6.07) is 12.3. The summed E-state index contributed by atoms with van der Waals surface area (Å²) < 4.78 is 5.08. The molecule has 0 bridgehead atoms. The van der Waals surface area contributed by atoms with Crippen LogP contribution in [0.5, 0.6) is 0 Å². The number of anilines is 1. The molecule has 0 heterocycles. The Morgan fingerprint density at radius 3 is 2.76 bits per heavy atom. The highest BCUT2D eigenvalue weighted by atomic mass is 35.5. The van der Waals surface area contributed by atoms with Crippen molar-refractivity contribution in [2.24, 2.45) is 0 Å². The molecule has 1 N–H and O–H groups in total. The van der Waals surface area contributed by atoms with Gasteiger partial charge in [0.1, 0.15) is 0 Å². The second kappa shape index (κ2) is 7.06. The molecule has 0 amide bonds. The maximum Gasteiger partial charge on any atom is 0.275 e. The molecule has 2 aromatic carbocycles. The van der Waals surface area contributed by atoms with Gasteiger partial charge < -0.3 is 10.1 Å². The van der Waals surface area contributed by atoms with Gasteiger partial charge in [-0.25, -0.2) is 0 Å². The molecular weight excluding hydrogens is 292 g/mol. The van der Waals surface area contributed by atoms with E-state index in [1.54, 1.807) is 19.2 Å². The van der Waals surface area contributed by atoms with Crippen LogP contribution in [0.2, 0.25) is 5.02 Å². The molecule has 0 fully saturated rings. The van der Waals surface area contributed by atoms with Crippen LogP contribution < -0.4 is 5.32 Å². The number of ether oxygens (including phenoxy) is 1. The summed E-state index contributed by atoms with van der Waals surface area (Å²) >= 11 is 6.06. The van der Waals surface area contributed by atoms with Crippen molar-refractivity contribution in [2.75, 3.05) is 12.4 Å². The monoisotopic (exact) mass is 306 g/mol. The van der Waals surface area contributed by atoms with Gasteiger partial charge in [0.05, 0.1) is 22.1 Å². The number of nitrogens with one attached hydrogen (secondary N) is 1. The maximum atomic E-state index is 11.0. The number of methoxy groups -OCH3 is 1. The molecule has 0 aliphatic carbocycles. The second-order valence-corrected chi connectivity index (χ2v) is 4.89. The van der Waals surface area contributed by atoms with E-state index in [4.69, 9.17) is 16.3 Å². The molecule has 21 heavy (non-hydrogen) atoms. The predicted molar refractivity (Wildman–Crippen MR) is 82.6 cm³/mol. The van der Waals surface area contributed by atoms with Gasteiger partial charge in [-0.05, 0) is 23.8 Å². The summed E-state index contributed by atoms with van der Waals surface area (Å²) in [5.41, 5.74) is 2.37. The molecule has 0 aliphatic heterocycles. The summed E-state index contributed by atoms with van der Waals surface area (Å²) in [7, 11) is 1.63. The van der Waals surface area contributed by atoms with Crippen molar-refractivity contribution in [3.8, 4) is 0 Å². The number of halogens is 1. The third kappa shape index (κ3) is 3.93. The fourth-order valence-corrected chi connectivity index (χ4v) is 2.26. The van der Waals surface area contributed by atoms with Crippen molar-refractivity contribution in [1.82, 2.24) is 0 Å². The van der Waals surface area contributed by atoms with Crippen LogP contribution in [0, 0.1) is 10.1 Å². The Morgan fingerprint density at radius 1 is 1.29 bits per heavy atom. The Morgan fingerprint density at radius 2 is 2.05 bits per heavy atom. The van der Waals surface area contributed by atoms with Crippen LogP contribution in [-0.2, 0) is 17.9 Å². The van der Waals surface area contributed by atoms with Crippen molar-refractivity contribution in [3.05, 3.63) is 68.7 Å². The van der Waals surface area contributed by atoms with Crippen LogP contribution >= 0.6 is 11.6 Å². The molecule has 0 spiro atoms. The third-order valence-electron chi connectivity index (χ3n) is 3.00. The summed E-state index contributed by atoms with van der Waals surface area (Å²) in [4.78, 5) is 10.6. The first-order chi connectivity index (χ1) is 10.1. The smallest absolute Gasteiger partial charge is 0.275 e. The van der Waals surface area contributed by atoms with Gasteiger partial charge in [-0.15, -0.1) is 0 Å². The van der Waals surface area contributed by atoms with Gasteiger partial charge in [0.25, 0.3) is 5.69 Å². The van der Waals surface area contributed by atoms with E-state index in [1.807, 2.05) is 24.3 Å². The van der Waals surface area contributed by atoms with E-state index in [9.17, 15) is 10.1 Å². The average Bonchev–Trinajstić information content (AvgIpc) is 2.46. The highest BCUT2D eigenvalue weighted by Crippen LogP contribution is 2.27. The Labute approximate surface area is 127 Å². The molecule has 2 aromatic rings. The Kier molecular flexibility index (Phi) is 5.14. The molecule has 6 heteroatoms. The number of hydrogen-bond donors (Lipinski definition) is 1. The van der Waals surface area contributed by atoms with Crippen molar-refractivity contribution >= 4 is 23.0 Å². The lowest BCUT2D eigenvalue weighted by molar-refractivity contribution is -0.385. The minimum Gasteiger partial charge on any atom is -0.381 e. The number of nitro benzene ring substituents is 1. The lowest BCUT2D eigenvalue weighted by Crippen LogP contribution is -2.04. The number of hydrogen-bond acceptors (Lipinski definition) is 4. The maximum absolute atomic E-state index is 11.0. The standard InChI is InChI=1S/C15H15ClN2O3/c1-21-10-11-4-2-5-12(8-11)17-9-13-14(16)6-3-7-15(13)18(19)20/h2-8,17H,9-10H2,1H3. The Hall–Kier alpha value is -2.11. The molecule has 0 aromatic heterocycles. The van der Waals surface area contributed by atoms with Gasteiger partial charge in [0, 0.05) is 25.4 Å². The van der Waals surface area contributed by atoms with E-state index in [0.717, 1.165) is 11.3 Å². The normalized spacial score (nSPS) is 10.4. The molecule has 0 saturated carbocycles. The van der Waals surface area contributed by atoms with E-state index in [1.165, 1.54) is 6.07 Å². The molecule has 0 radical (unpaired) electrons. The lowest BCUT2D eigenvalue weighted by atomic mass is 10.1. The molecule has 0 unspecified atom stereocenters. The first kappa shape index (κ1) is 15.3. The molecular formula is C15H15ClN2O3. The van der Waals surface area contributed by atoms with Gasteiger partial charge >= 0.3 is 0 Å². The van der Waals surface area contributed by atoms with Crippen molar-refractivity contribution in [1.29, 1.82) is 0 Å². The van der Waals surface area contributed by atoms with Crippen molar-refractivity contribution < 1.29 is 9.66 Å². The SMILES string of the molecule is COCc1cccc(NCc2c(Cl)cccc2[N+](=O)[O-])c1. The Balaban J connectivity index is 2.16. The highest BCUT2D eigenvalue weighted by Gasteiger charge is 2.16. The molecule has 2 rings (SSSR count). The molecule has 0 atom stereocenters. The van der Waals surface area contributed by atoms with E-state index in [2.05, 4.69) is 5.32 Å². The minimum absolute atomic E-state index is 0.0167. The summed E-state index contributed by atoms with van der Waals surface area (Å²) in [5.74, 6) is 0. The van der Waals surface area contributed by atoms with Gasteiger partial charge in [0.2, 0.25) is 0 Å². The number of benzene rings is 2. The van der Waals surface area contributed by atoms with Crippen LogP contribution in [0.25, 0.3) is 0 Å². The highest BCUT2D eigenvalue weighted by molar-refractivity contribution is 6.31. The van der Waals surface area contributed by atoms with Crippen LogP contribution in [0.4, 0.5) is 11.4 Å². The summed E-state index contributed by atoms with van der Waals surface area (Å²) in [5, 5.41) is 14.6. The largest absolute Gasteiger partial charge is 0.381 e. The molecule has 5 nitrogen and oxygen atoms in total. The van der Waals surface area contributed by atoms with E-state index in [-0.39, 0.29) is 12.2 Å². The zero-order valence-corrected chi connectivity index (χ0v) is 12.3. The van der Waals surface area contributed by atoms with Gasteiger partial charge in [-0.3, -0.25) is 10.1 Å². The van der Waals surface area contributed by atoms with Crippen LogP contribution in [0.15, 0.2) is 42.5 Å². The minimum atomic E-state index is -0.426. The zero-order valence-electron chi connectivity index (χ0n) is 11.5. The fraction of sp³-hybridized carbons (Fsp3) is 0.200. The topological polar surface area (TPSA) is 64.4 Å².